The van der Waals surface area contributed by atoms with Crippen LogP contribution in [0.25, 0.3) is 15.2 Å². The molecule has 1 atom stereocenters. The number of halogens is 1. The first kappa shape index (κ1) is 28.6. The summed E-state index contributed by atoms with van der Waals surface area (Å²) in [5.41, 5.74) is -0.285. The SMILES string of the molecule is COCCO[C@@H](Cn1c(=O)n(CC(=O)N2CCCC2)c(=O)c2c(C)c(-n3nccn3)sc21)c1cc(F)ccc1OC. The first-order valence-electron chi connectivity index (χ1n) is 13.2. The van der Waals surface area contributed by atoms with E-state index in [9.17, 15) is 18.8 Å². The van der Waals surface area contributed by atoms with Crippen molar-refractivity contribution in [3.63, 3.8) is 0 Å². The van der Waals surface area contributed by atoms with Gasteiger partial charge in [0.05, 0.1) is 44.6 Å². The molecular formula is C27H31FN6O6S. The predicted octanol–water partition coefficient (Wildman–Crippen LogP) is 2.29. The number of aryl methyl sites for hydroxylation is 1. The standard InChI is InChI=1S/C27H31FN6O6S/c1-17-23-24(36)32(16-22(35)31-10-4-5-11-31)27(37)33(26(23)41-25(17)34-29-8-9-30-34)15-21(40-13-12-38-2)19-14-18(28)6-7-20(19)39-3/h6-9,14,21H,4-5,10-13,15-16H2,1-3H3/t21-/m0/s1. The van der Waals surface area contributed by atoms with E-state index in [0.29, 0.717) is 39.8 Å². The van der Waals surface area contributed by atoms with E-state index in [-0.39, 0.29) is 31.1 Å². The van der Waals surface area contributed by atoms with Crippen LogP contribution in [0, 0.1) is 12.7 Å². The van der Waals surface area contributed by atoms with E-state index in [1.165, 1.54) is 65.5 Å². The third kappa shape index (κ3) is 5.67. The molecule has 0 N–H and O–H groups in total. The lowest BCUT2D eigenvalue weighted by Crippen LogP contribution is -2.44. The van der Waals surface area contributed by atoms with Crippen molar-refractivity contribution in [1.82, 2.24) is 29.0 Å². The number of methoxy groups -OCH3 is 2. The fraction of sp³-hybridized carbons (Fsp3) is 0.444. The number of benzene rings is 1. The highest BCUT2D eigenvalue weighted by Gasteiger charge is 2.27. The number of fused-ring (bicyclic) bond motifs is 1. The van der Waals surface area contributed by atoms with Gasteiger partial charge in [0, 0.05) is 31.3 Å². The van der Waals surface area contributed by atoms with Gasteiger partial charge in [-0.2, -0.15) is 10.2 Å². The minimum atomic E-state index is -0.856. The number of hydrogen-bond acceptors (Lipinski definition) is 9. The predicted molar refractivity (Wildman–Crippen MR) is 149 cm³/mol. The van der Waals surface area contributed by atoms with E-state index in [1.54, 1.807) is 11.8 Å². The maximum absolute atomic E-state index is 14.4. The summed E-state index contributed by atoms with van der Waals surface area (Å²) in [7, 11) is 2.99. The number of likely N-dealkylation sites (tertiary alicyclic amines) is 1. The van der Waals surface area contributed by atoms with Crippen molar-refractivity contribution < 1.29 is 23.4 Å². The van der Waals surface area contributed by atoms with E-state index in [0.717, 1.165) is 17.4 Å². The Hall–Kier alpha value is -3.88. The lowest BCUT2D eigenvalue weighted by molar-refractivity contribution is -0.130. The van der Waals surface area contributed by atoms with Crippen LogP contribution < -0.4 is 16.0 Å². The van der Waals surface area contributed by atoms with Crippen molar-refractivity contribution in [2.75, 3.05) is 40.5 Å². The van der Waals surface area contributed by atoms with Crippen LogP contribution in [0.15, 0.2) is 40.2 Å². The number of carbonyl (C=O) groups excluding carboxylic acids is 1. The summed E-state index contributed by atoms with van der Waals surface area (Å²) in [5.74, 6) is -0.424. The number of carbonyl (C=O) groups is 1. The van der Waals surface area contributed by atoms with Gasteiger partial charge in [0.1, 0.15) is 34.0 Å². The van der Waals surface area contributed by atoms with Gasteiger partial charge in [-0.25, -0.2) is 9.18 Å². The van der Waals surface area contributed by atoms with Crippen LogP contribution in [-0.2, 0) is 27.4 Å². The quantitative estimate of drug-likeness (QED) is 0.246. The van der Waals surface area contributed by atoms with Gasteiger partial charge >= 0.3 is 5.69 Å². The maximum Gasteiger partial charge on any atom is 0.332 e. The first-order valence-corrected chi connectivity index (χ1v) is 14.0. The molecule has 1 amide bonds. The van der Waals surface area contributed by atoms with Crippen LogP contribution in [0.2, 0.25) is 0 Å². The van der Waals surface area contributed by atoms with Crippen LogP contribution in [-0.4, -0.2) is 75.5 Å². The largest absolute Gasteiger partial charge is 0.496 e. The molecule has 0 aliphatic carbocycles. The minimum absolute atomic E-state index is 0.0943. The molecule has 0 bridgehead atoms. The van der Waals surface area contributed by atoms with Gasteiger partial charge < -0.3 is 19.1 Å². The lowest BCUT2D eigenvalue weighted by Gasteiger charge is -2.23. The number of amides is 1. The molecule has 0 unspecified atom stereocenters. The molecule has 1 fully saturated rings. The highest BCUT2D eigenvalue weighted by molar-refractivity contribution is 7.21. The molecule has 4 aromatic rings. The molecule has 3 aromatic heterocycles. The summed E-state index contributed by atoms with van der Waals surface area (Å²) in [6.07, 6.45) is 3.93. The van der Waals surface area contributed by atoms with Gasteiger partial charge in [-0.05, 0) is 38.0 Å². The third-order valence-corrected chi connectivity index (χ3v) is 8.40. The molecule has 1 saturated heterocycles. The van der Waals surface area contributed by atoms with Crippen molar-refractivity contribution in [2.45, 2.75) is 39.0 Å². The Morgan fingerprint density at radius 2 is 1.83 bits per heavy atom. The molecular weight excluding hydrogens is 555 g/mol. The van der Waals surface area contributed by atoms with Crippen molar-refractivity contribution in [2.24, 2.45) is 0 Å². The Kier molecular flexibility index (Phi) is 8.61. The van der Waals surface area contributed by atoms with Gasteiger partial charge in [-0.1, -0.05) is 11.3 Å². The second kappa shape index (κ2) is 12.3. The highest BCUT2D eigenvalue weighted by atomic mass is 32.1. The van der Waals surface area contributed by atoms with Crippen LogP contribution in [0.1, 0.15) is 30.1 Å². The van der Waals surface area contributed by atoms with Crippen molar-refractivity contribution in [3.8, 4) is 10.8 Å². The molecule has 12 nitrogen and oxygen atoms in total. The number of hydrogen-bond donors (Lipinski definition) is 0. The third-order valence-electron chi connectivity index (χ3n) is 7.12. The van der Waals surface area contributed by atoms with Crippen LogP contribution in [0.5, 0.6) is 5.75 Å². The van der Waals surface area contributed by atoms with Crippen molar-refractivity contribution in [1.29, 1.82) is 0 Å². The fourth-order valence-electron chi connectivity index (χ4n) is 5.03. The lowest BCUT2D eigenvalue weighted by atomic mass is 10.1. The number of ether oxygens (including phenoxy) is 3. The Morgan fingerprint density at radius 1 is 1.10 bits per heavy atom. The molecule has 14 heteroatoms. The van der Waals surface area contributed by atoms with Gasteiger partial charge in [-0.3, -0.25) is 18.7 Å². The zero-order valence-corrected chi connectivity index (χ0v) is 23.9. The van der Waals surface area contributed by atoms with Crippen LogP contribution >= 0.6 is 11.3 Å². The van der Waals surface area contributed by atoms with E-state index in [4.69, 9.17) is 14.2 Å². The molecule has 1 aliphatic heterocycles. The number of rotatable bonds is 11. The van der Waals surface area contributed by atoms with E-state index in [1.807, 2.05) is 0 Å². The average Bonchev–Trinajstić information content (AvgIpc) is 3.74. The van der Waals surface area contributed by atoms with E-state index in [2.05, 4.69) is 10.2 Å². The smallest absolute Gasteiger partial charge is 0.332 e. The summed E-state index contributed by atoms with van der Waals surface area (Å²) < 4.78 is 33.5. The normalized spacial score (nSPS) is 14.2. The van der Waals surface area contributed by atoms with Gasteiger partial charge in [0.25, 0.3) is 5.56 Å². The molecule has 41 heavy (non-hydrogen) atoms. The molecule has 5 rings (SSSR count). The molecule has 4 heterocycles. The number of nitrogens with zero attached hydrogens (tertiary/aromatic N) is 6. The Balaban J connectivity index is 1.69. The van der Waals surface area contributed by atoms with Crippen molar-refractivity contribution in [3.05, 3.63) is 68.4 Å². The second-order valence-corrected chi connectivity index (χ2v) is 10.6. The van der Waals surface area contributed by atoms with Gasteiger partial charge in [0.15, 0.2) is 0 Å². The highest BCUT2D eigenvalue weighted by Crippen LogP contribution is 2.34. The second-order valence-electron chi connectivity index (χ2n) is 9.64. The zero-order chi connectivity index (χ0) is 29.1. The fourth-order valence-corrected chi connectivity index (χ4v) is 6.25. The van der Waals surface area contributed by atoms with Crippen molar-refractivity contribution >= 4 is 27.5 Å². The Labute approximate surface area is 238 Å². The average molecular weight is 587 g/mol. The summed E-state index contributed by atoms with van der Waals surface area (Å²) in [4.78, 5) is 44.3. The first-order chi connectivity index (χ1) is 19.8. The molecule has 1 aliphatic rings. The zero-order valence-electron chi connectivity index (χ0n) is 23.0. The van der Waals surface area contributed by atoms with Crippen LogP contribution in [0.4, 0.5) is 4.39 Å². The molecule has 1 aromatic carbocycles. The maximum atomic E-state index is 14.4. The minimum Gasteiger partial charge on any atom is -0.496 e. The monoisotopic (exact) mass is 586 g/mol. The Morgan fingerprint density at radius 3 is 2.51 bits per heavy atom. The van der Waals surface area contributed by atoms with E-state index < -0.39 is 29.7 Å². The van der Waals surface area contributed by atoms with Gasteiger partial charge in [-0.15, -0.1) is 4.80 Å². The molecule has 0 saturated carbocycles. The molecule has 0 radical (unpaired) electrons. The molecule has 218 valence electrons. The summed E-state index contributed by atoms with van der Waals surface area (Å²) in [6, 6.07) is 4.06. The van der Waals surface area contributed by atoms with E-state index >= 15 is 0 Å². The van der Waals surface area contributed by atoms with Crippen LogP contribution in [0.3, 0.4) is 0 Å². The Bertz CT molecular complexity index is 1660. The number of thiophene rings is 1. The number of aromatic nitrogens is 5. The van der Waals surface area contributed by atoms with Gasteiger partial charge in [0.2, 0.25) is 5.91 Å². The topological polar surface area (TPSA) is 123 Å². The summed E-state index contributed by atoms with van der Waals surface area (Å²) in [5, 5.41) is 9.23. The summed E-state index contributed by atoms with van der Waals surface area (Å²) >= 11 is 1.17. The molecule has 0 spiro atoms. The summed E-state index contributed by atoms with van der Waals surface area (Å²) in [6.45, 7) is 2.85.